The smallest absolute Gasteiger partial charge is 0.242 e. The van der Waals surface area contributed by atoms with Gasteiger partial charge >= 0.3 is 0 Å². The summed E-state index contributed by atoms with van der Waals surface area (Å²) < 4.78 is 11.6. The molecule has 2 N–H and O–H groups in total. The molecule has 28 heavy (non-hydrogen) atoms. The zero-order valence-corrected chi connectivity index (χ0v) is 16.9. The number of hydrogen-bond donors (Lipinski definition) is 2. The van der Waals surface area contributed by atoms with Crippen LogP contribution in [0.4, 0.5) is 5.69 Å². The van der Waals surface area contributed by atoms with Crippen LogP contribution in [0.1, 0.15) is 18.9 Å². The molecule has 0 spiro atoms. The van der Waals surface area contributed by atoms with Gasteiger partial charge < -0.3 is 14.4 Å². The molecule has 1 aromatic rings. The third-order valence-electron chi connectivity index (χ3n) is 4.83. The van der Waals surface area contributed by atoms with E-state index in [0.29, 0.717) is 18.9 Å². The van der Waals surface area contributed by atoms with Gasteiger partial charge in [-0.3, -0.25) is 15.7 Å². The van der Waals surface area contributed by atoms with Crippen LogP contribution in [0, 0.1) is 10.8 Å². The molecule has 1 fully saturated rings. The number of rotatable bonds is 6. The number of hydrogen-bond acceptors (Lipinski definition) is 7. The Morgan fingerprint density at radius 3 is 2.68 bits per heavy atom. The third-order valence-corrected chi connectivity index (χ3v) is 4.83. The number of nitrogens with zero attached hydrogens (tertiary/aromatic N) is 3. The highest BCUT2D eigenvalue weighted by Gasteiger charge is 2.24. The van der Waals surface area contributed by atoms with Crippen molar-refractivity contribution < 1.29 is 9.47 Å². The normalized spacial score (nSPS) is 20.6. The van der Waals surface area contributed by atoms with E-state index in [2.05, 4.69) is 16.8 Å². The summed E-state index contributed by atoms with van der Waals surface area (Å²) in [5.41, 5.74) is 2.74. The van der Waals surface area contributed by atoms with Gasteiger partial charge in [0.1, 0.15) is 18.4 Å². The summed E-state index contributed by atoms with van der Waals surface area (Å²) >= 11 is 0. The summed E-state index contributed by atoms with van der Waals surface area (Å²) in [5, 5.41) is 16.3. The number of benzene rings is 1. The molecule has 2 heterocycles. The SMILES string of the molecule is CCCN1CCO[C@H](COC2=NC(c3ccc(N(C)C)cc3)=CC(=N)C2=N)C1. The maximum Gasteiger partial charge on any atom is 0.242 e. The van der Waals surface area contributed by atoms with Crippen LogP contribution in [-0.2, 0) is 9.47 Å². The number of nitrogens with one attached hydrogen (secondary N) is 2. The molecule has 0 saturated carbocycles. The van der Waals surface area contributed by atoms with E-state index in [1.54, 1.807) is 6.08 Å². The molecule has 0 unspecified atom stereocenters. The first-order chi connectivity index (χ1) is 13.5. The van der Waals surface area contributed by atoms with Crippen molar-refractivity contribution in [2.75, 3.05) is 51.8 Å². The van der Waals surface area contributed by atoms with E-state index in [1.807, 2.05) is 43.3 Å². The van der Waals surface area contributed by atoms with Crippen LogP contribution in [-0.4, -0.2) is 75.3 Å². The number of allylic oxidation sites excluding steroid dienone is 1. The van der Waals surface area contributed by atoms with Gasteiger partial charge in [-0.2, -0.15) is 0 Å². The molecule has 150 valence electrons. The molecule has 1 saturated heterocycles. The van der Waals surface area contributed by atoms with E-state index in [4.69, 9.17) is 20.3 Å². The van der Waals surface area contributed by atoms with Crippen LogP contribution < -0.4 is 4.90 Å². The highest BCUT2D eigenvalue weighted by atomic mass is 16.5. The predicted molar refractivity (Wildman–Crippen MR) is 114 cm³/mol. The second-order valence-corrected chi connectivity index (χ2v) is 7.28. The average Bonchev–Trinajstić information content (AvgIpc) is 2.69. The largest absolute Gasteiger partial charge is 0.473 e. The van der Waals surface area contributed by atoms with Crippen molar-refractivity contribution in [3.8, 4) is 0 Å². The minimum absolute atomic E-state index is 0.00915. The fourth-order valence-corrected chi connectivity index (χ4v) is 3.28. The summed E-state index contributed by atoms with van der Waals surface area (Å²) in [6.07, 6.45) is 2.68. The van der Waals surface area contributed by atoms with Gasteiger partial charge in [0.15, 0.2) is 0 Å². The number of aliphatic imine (C=N–C) groups is 1. The van der Waals surface area contributed by atoms with Gasteiger partial charge in [-0.05, 0) is 31.2 Å². The molecule has 0 aliphatic carbocycles. The minimum atomic E-state index is -0.0429. The Kier molecular flexibility index (Phi) is 6.59. The zero-order chi connectivity index (χ0) is 20.1. The third kappa shape index (κ3) is 4.85. The first-order valence-corrected chi connectivity index (χ1v) is 9.70. The van der Waals surface area contributed by atoms with E-state index in [0.717, 1.165) is 37.3 Å². The fourth-order valence-electron chi connectivity index (χ4n) is 3.28. The first kappa shape index (κ1) is 20.2. The standard InChI is InChI=1S/C21H29N5O2/c1-4-9-26-10-11-27-17(13-26)14-28-21-20(23)18(22)12-19(24-21)15-5-7-16(8-6-15)25(2)3/h5-8,12,17,22-23H,4,9-11,13-14H2,1-3H3/t17-/m0/s1. The molecule has 0 bridgehead atoms. The Hall–Kier alpha value is -2.51. The monoisotopic (exact) mass is 383 g/mol. The lowest BCUT2D eigenvalue weighted by molar-refractivity contribution is -0.0494. The molecule has 7 nitrogen and oxygen atoms in total. The predicted octanol–water partition coefficient (Wildman–Crippen LogP) is 2.67. The van der Waals surface area contributed by atoms with Crippen LogP contribution in [0.2, 0.25) is 0 Å². The topological polar surface area (TPSA) is 85.0 Å². The number of ether oxygens (including phenoxy) is 2. The first-order valence-electron chi connectivity index (χ1n) is 9.70. The second-order valence-electron chi connectivity index (χ2n) is 7.28. The maximum absolute atomic E-state index is 8.13. The van der Waals surface area contributed by atoms with Crippen LogP contribution in [0.15, 0.2) is 35.3 Å². The van der Waals surface area contributed by atoms with E-state index in [-0.39, 0.29) is 23.4 Å². The van der Waals surface area contributed by atoms with Crippen molar-refractivity contribution in [1.29, 1.82) is 10.8 Å². The van der Waals surface area contributed by atoms with E-state index in [9.17, 15) is 0 Å². The van der Waals surface area contributed by atoms with Crippen molar-refractivity contribution in [2.24, 2.45) is 4.99 Å². The Morgan fingerprint density at radius 1 is 1.25 bits per heavy atom. The molecule has 0 aromatic heterocycles. The van der Waals surface area contributed by atoms with Crippen molar-refractivity contribution in [2.45, 2.75) is 19.4 Å². The highest BCUT2D eigenvalue weighted by Crippen LogP contribution is 2.23. The van der Waals surface area contributed by atoms with Crippen molar-refractivity contribution in [1.82, 2.24) is 4.90 Å². The van der Waals surface area contributed by atoms with Crippen LogP contribution in [0.3, 0.4) is 0 Å². The maximum atomic E-state index is 8.13. The lowest BCUT2D eigenvalue weighted by Gasteiger charge is -2.32. The second kappa shape index (κ2) is 9.12. The van der Waals surface area contributed by atoms with Crippen molar-refractivity contribution in [3.05, 3.63) is 35.9 Å². The molecular formula is C21H29N5O2. The van der Waals surface area contributed by atoms with Gasteiger partial charge in [0, 0.05) is 38.4 Å². The summed E-state index contributed by atoms with van der Waals surface area (Å²) in [6, 6.07) is 7.96. The molecule has 3 rings (SSSR count). The van der Waals surface area contributed by atoms with E-state index in [1.165, 1.54) is 0 Å². The summed E-state index contributed by atoms with van der Waals surface area (Å²) in [5.74, 6) is 0.190. The van der Waals surface area contributed by atoms with Crippen molar-refractivity contribution in [3.63, 3.8) is 0 Å². The van der Waals surface area contributed by atoms with Crippen molar-refractivity contribution >= 4 is 28.7 Å². The van der Waals surface area contributed by atoms with Gasteiger partial charge in [0.2, 0.25) is 5.90 Å². The lowest BCUT2D eigenvalue weighted by atomic mass is 10.1. The minimum Gasteiger partial charge on any atom is -0.473 e. The molecule has 1 atom stereocenters. The van der Waals surface area contributed by atoms with E-state index >= 15 is 0 Å². The molecule has 7 heteroatoms. The Balaban J connectivity index is 1.68. The molecule has 1 aromatic carbocycles. The Labute approximate surface area is 166 Å². The quantitative estimate of drug-likeness (QED) is 0.791. The number of morpholine rings is 1. The summed E-state index contributed by atoms with van der Waals surface area (Å²) in [6.45, 7) is 6.02. The van der Waals surface area contributed by atoms with Gasteiger partial charge in [0.05, 0.1) is 18.0 Å². The van der Waals surface area contributed by atoms with Gasteiger partial charge in [-0.1, -0.05) is 19.1 Å². The molecule has 0 radical (unpaired) electrons. The zero-order valence-electron chi connectivity index (χ0n) is 16.9. The average molecular weight is 383 g/mol. The van der Waals surface area contributed by atoms with E-state index < -0.39 is 0 Å². The van der Waals surface area contributed by atoms with Gasteiger partial charge in [-0.15, -0.1) is 0 Å². The summed E-state index contributed by atoms with van der Waals surface area (Å²) in [7, 11) is 3.98. The molecule has 0 amide bonds. The lowest BCUT2D eigenvalue weighted by Crippen LogP contribution is -2.45. The van der Waals surface area contributed by atoms with Gasteiger partial charge in [-0.25, -0.2) is 4.99 Å². The van der Waals surface area contributed by atoms with Crippen LogP contribution in [0.5, 0.6) is 0 Å². The molecule has 2 aliphatic heterocycles. The fraction of sp³-hybridized carbons (Fsp3) is 0.476. The van der Waals surface area contributed by atoms with Crippen LogP contribution >= 0.6 is 0 Å². The Morgan fingerprint density at radius 2 is 2.00 bits per heavy atom. The highest BCUT2D eigenvalue weighted by molar-refractivity contribution is 6.69. The Bertz CT molecular complexity index is 780. The van der Waals surface area contributed by atoms with Gasteiger partial charge in [0.25, 0.3) is 0 Å². The summed E-state index contributed by atoms with van der Waals surface area (Å²) in [4.78, 5) is 8.90. The molecule has 2 aliphatic rings. The van der Waals surface area contributed by atoms with Crippen LogP contribution in [0.25, 0.3) is 5.70 Å². The number of anilines is 1. The molecular weight excluding hydrogens is 354 g/mol.